The zero-order chi connectivity index (χ0) is 19.7. The van der Waals surface area contributed by atoms with Crippen LogP contribution in [0.1, 0.15) is 11.1 Å². The van der Waals surface area contributed by atoms with Crippen LogP contribution in [0.4, 0.5) is 0 Å². The highest BCUT2D eigenvalue weighted by molar-refractivity contribution is 7.48. The Hall–Kier alpha value is -1.79. The van der Waals surface area contributed by atoms with Crippen LogP contribution in [0.15, 0.2) is 72.8 Å². The SMILES string of the molecule is COP1(=O)O[C@H](COCc2ccccc2)C=C[C@@H](COCc2ccccc2)O1. The van der Waals surface area contributed by atoms with Crippen molar-refractivity contribution in [3.05, 3.63) is 83.9 Å². The summed E-state index contributed by atoms with van der Waals surface area (Å²) in [5.74, 6) is 0. The maximum absolute atomic E-state index is 12.7. The molecule has 28 heavy (non-hydrogen) atoms. The fourth-order valence-electron chi connectivity index (χ4n) is 2.67. The Morgan fingerprint density at radius 2 is 1.21 bits per heavy atom. The van der Waals surface area contributed by atoms with Crippen LogP contribution >= 0.6 is 7.82 Å². The highest BCUT2D eigenvalue weighted by Crippen LogP contribution is 2.52. The van der Waals surface area contributed by atoms with Gasteiger partial charge in [-0.2, -0.15) is 0 Å². The lowest BCUT2D eigenvalue weighted by molar-refractivity contribution is 0.0175. The minimum Gasteiger partial charge on any atom is -0.374 e. The number of benzene rings is 2. The molecule has 1 aliphatic heterocycles. The van der Waals surface area contributed by atoms with Crippen molar-refractivity contribution in [2.24, 2.45) is 0 Å². The smallest absolute Gasteiger partial charge is 0.374 e. The molecule has 0 N–H and O–H groups in total. The van der Waals surface area contributed by atoms with Crippen molar-refractivity contribution in [2.45, 2.75) is 25.4 Å². The van der Waals surface area contributed by atoms with Crippen LogP contribution in [-0.2, 0) is 40.8 Å². The topological polar surface area (TPSA) is 63.2 Å². The molecule has 2 aromatic rings. The summed E-state index contributed by atoms with van der Waals surface area (Å²) in [7, 11) is -2.40. The normalized spacial score (nSPS) is 21.3. The molecule has 1 aliphatic rings. The van der Waals surface area contributed by atoms with Crippen molar-refractivity contribution in [1.29, 1.82) is 0 Å². The Morgan fingerprint density at radius 3 is 1.61 bits per heavy atom. The van der Waals surface area contributed by atoms with Crippen LogP contribution in [0.2, 0.25) is 0 Å². The second-order valence-electron chi connectivity index (χ2n) is 6.30. The lowest BCUT2D eigenvalue weighted by Gasteiger charge is -2.20. The Labute approximate surface area is 165 Å². The zero-order valence-electron chi connectivity index (χ0n) is 15.8. The molecule has 0 spiro atoms. The largest absolute Gasteiger partial charge is 0.475 e. The van der Waals surface area contributed by atoms with Gasteiger partial charge in [0.1, 0.15) is 12.2 Å². The molecule has 7 heteroatoms. The van der Waals surface area contributed by atoms with Crippen molar-refractivity contribution in [1.82, 2.24) is 0 Å². The van der Waals surface area contributed by atoms with Crippen molar-refractivity contribution in [3.63, 3.8) is 0 Å². The molecule has 0 radical (unpaired) electrons. The number of phosphoric ester groups is 1. The Bertz CT molecular complexity index is 718. The van der Waals surface area contributed by atoms with E-state index in [2.05, 4.69) is 0 Å². The van der Waals surface area contributed by atoms with Gasteiger partial charge in [0.2, 0.25) is 0 Å². The number of rotatable bonds is 9. The van der Waals surface area contributed by atoms with Gasteiger partial charge in [0, 0.05) is 7.11 Å². The van der Waals surface area contributed by atoms with E-state index in [9.17, 15) is 4.57 Å². The molecule has 3 rings (SSSR count). The first-order chi connectivity index (χ1) is 13.7. The second-order valence-corrected chi connectivity index (χ2v) is 7.99. The fraction of sp³-hybridized carbons (Fsp3) is 0.333. The molecule has 0 amide bonds. The number of hydrogen-bond donors (Lipinski definition) is 0. The molecule has 0 bridgehead atoms. The second kappa shape index (κ2) is 10.7. The average molecular weight is 404 g/mol. The van der Waals surface area contributed by atoms with Crippen LogP contribution < -0.4 is 0 Å². The first-order valence-corrected chi connectivity index (χ1v) is 10.6. The van der Waals surface area contributed by atoms with Crippen LogP contribution in [0.3, 0.4) is 0 Å². The van der Waals surface area contributed by atoms with Crippen molar-refractivity contribution >= 4 is 7.82 Å². The third-order valence-electron chi connectivity index (χ3n) is 4.08. The molecule has 2 aromatic carbocycles. The third-order valence-corrected chi connectivity index (χ3v) is 5.59. The van der Waals surface area contributed by atoms with Gasteiger partial charge >= 0.3 is 7.82 Å². The predicted molar refractivity (Wildman–Crippen MR) is 106 cm³/mol. The summed E-state index contributed by atoms with van der Waals surface area (Å²) in [6.07, 6.45) is 2.49. The quantitative estimate of drug-likeness (QED) is 0.453. The lowest BCUT2D eigenvalue weighted by atomic mass is 10.2. The summed E-state index contributed by atoms with van der Waals surface area (Å²) in [5, 5.41) is 0. The van der Waals surface area contributed by atoms with E-state index < -0.39 is 20.0 Å². The van der Waals surface area contributed by atoms with Gasteiger partial charge in [-0.05, 0) is 11.1 Å². The Kier molecular flexibility index (Phi) is 7.98. The van der Waals surface area contributed by atoms with Gasteiger partial charge in [0.25, 0.3) is 0 Å². The molecule has 0 aliphatic carbocycles. The highest BCUT2D eigenvalue weighted by Gasteiger charge is 2.34. The Morgan fingerprint density at radius 1 is 0.786 bits per heavy atom. The monoisotopic (exact) mass is 404 g/mol. The molecule has 1 heterocycles. The van der Waals surface area contributed by atoms with Crippen LogP contribution in [-0.4, -0.2) is 32.5 Å². The summed E-state index contributed by atoms with van der Waals surface area (Å²) in [4.78, 5) is 0. The van der Waals surface area contributed by atoms with E-state index in [4.69, 9.17) is 23.0 Å². The van der Waals surface area contributed by atoms with Gasteiger partial charge in [0.05, 0.1) is 26.4 Å². The maximum Gasteiger partial charge on any atom is 0.475 e. The van der Waals surface area contributed by atoms with E-state index in [1.165, 1.54) is 7.11 Å². The van der Waals surface area contributed by atoms with Crippen LogP contribution in [0.25, 0.3) is 0 Å². The lowest BCUT2D eigenvalue weighted by Crippen LogP contribution is -2.17. The van der Waals surface area contributed by atoms with E-state index in [0.29, 0.717) is 13.2 Å². The van der Waals surface area contributed by atoms with E-state index in [0.717, 1.165) is 11.1 Å². The minimum absolute atomic E-state index is 0.236. The zero-order valence-corrected chi connectivity index (χ0v) is 16.7. The molecule has 2 atom stereocenters. The van der Waals surface area contributed by atoms with E-state index in [1.807, 2.05) is 60.7 Å². The van der Waals surface area contributed by atoms with Crippen LogP contribution in [0, 0.1) is 0 Å². The molecular weight excluding hydrogens is 379 g/mol. The van der Waals surface area contributed by atoms with Gasteiger partial charge in [-0.15, -0.1) is 0 Å². The van der Waals surface area contributed by atoms with Crippen molar-refractivity contribution in [2.75, 3.05) is 20.3 Å². The molecule has 0 aromatic heterocycles. The molecule has 0 saturated heterocycles. The molecule has 0 fully saturated rings. The first-order valence-electron chi connectivity index (χ1n) is 9.11. The number of phosphoric acid groups is 1. The molecule has 6 nitrogen and oxygen atoms in total. The molecule has 150 valence electrons. The molecule has 0 saturated carbocycles. The summed E-state index contributed by atoms with van der Waals surface area (Å²) in [6, 6.07) is 19.6. The molecular formula is C21H25O6P. The van der Waals surface area contributed by atoms with Gasteiger partial charge in [-0.25, -0.2) is 4.57 Å². The minimum atomic E-state index is -3.70. The predicted octanol–water partition coefficient (Wildman–Crippen LogP) is 4.51. The fourth-order valence-corrected chi connectivity index (χ4v) is 3.81. The average Bonchev–Trinajstić information content (AvgIpc) is 2.89. The van der Waals surface area contributed by atoms with Gasteiger partial charge in [-0.1, -0.05) is 72.8 Å². The van der Waals surface area contributed by atoms with Crippen LogP contribution in [0.5, 0.6) is 0 Å². The van der Waals surface area contributed by atoms with E-state index in [-0.39, 0.29) is 13.2 Å². The maximum atomic E-state index is 12.7. The summed E-state index contributed by atoms with van der Waals surface area (Å²) < 4.78 is 40.1. The first kappa shape index (κ1) is 20.9. The Balaban J connectivity index is 1.51. The van der Waals surface area contributed by atoms with Gasteiger partial charge in [-0.3, -0.25) is 13.6 Å². The van der Waals surface area contributed by atoms with Gasteiger partial charge < -0.3 is 9.47 Å². The van der Waals surface area contributed by atoms with E-state index in [1.54, 1.807) is 12.2 Å². The highest BCUT2D eigenvalue weighted by atomic mass is 31.2. The summed E-state index contributed by atoms with van der Waals surface area (Å²) in [6.45, 7) is 1.35. The van der Waals surface area contributed by atoms with Crippen molar-refractivity contribution in [3.8, 4) is 0 Å². The van der Waals surface area contributed by atoms with Crippen molar-refractivity contribution < 1.29 is 27.6 Å². The molecule has 0 unspecified atom stereocenters. The van der Waals surface area contributed by atoms with Gasteiger partial charge in [0.15, 0.2) is 0 Å². The van der Waals surface area contributed by atoms with E-state index >= 15 is 0 Å². The summed E-state index contributed by atoms with van der Waals surface area (Å²) in [5.41, 5.74) is 2.11. The number of ether oxygens (including phenoxy) is 2. The third kappa shape index (κ3) is 6.67. The standard InChI is InChI=1S/C21H25O6P/c1-23-28(22)26-20(16-24-14-18-8-4-2-5-9-18)12-13-21(27-28)17-25-15-19-10-6-3-7-11-19/h2-13,20-21H,14-17H2,1H3/t20-,21-/m0/s1. The number of hydrogen-bond acceptors (Lipinski definition) is 6. The summed E-state index contributed by atoms with van der Waals surface area (Å²) >= 11 is 0.